The van der Waals surface area contributed by atoms with Gasteiger partial charge < -0.3 is 9.26 Å². The normalized spacial score (nSPS) is 10.7. The molecule has 6 heteroatoms. The van der Waals surface area contributed by atoms with Crippen molar-refractivity contribution in [3.05, 3.63) is 39.3 Å². The van der Waals surface area contributed by atoms with E-state index in [-0.39, 0.29) is 23.4 Å². The Balaban J connectivity index is 2.66. The van der Waals surface area contributed by atoms with Crippen LogP contribution in [-0.4, -0.2) is 17.7 Å². The van der Waals surface area contributed by atoms with Crippen molar-refractivity contribution in [1.82, 2.24) is 5.16 Å². The highest BCUT2D eigenvalue weighted by Crippen LogP contribution is 2.35. The van der Waals surface area contributed by atoms with Gasteiger partial charge in [-0.25, -0.2) is 9.18 Å². The molecule has 0 aliphatic heterocycles. The Morgan fingerprint density at radius 2 is 2.15 bits per heavy atom. The molecule has 2 rings (SSSR count). The summed E-state index contributed by atoms with van der Waals surface area (Å²) in [6, 6.07) is 2.97. The minimum atomic E-state index is -0.575. The molecule has 0 aliphatic rings. The largest absolute Gasteiger partial charge is 0.462 e. The minimum Gasteiger partial charge on any atom is -0.462 e. The molecule has 4 nitrogen and oxygen atoms in total. The zero-order valence-corrected chi connectivity index (χ0v) is 12.9. The number of carbonyl (C=O) groups is 1. The lowest BCUT2D eigenvalue weighted by Gasteiger charge is -2.08. The zero-order chi connectivity index (χ0) is 14.9. The van der Waals surface area contributed by atoms with Gasteiger partial charge in [0.15, 0.2) is 0 Å². The summed E-state index contributed by atoms with van der Waals surface area (Å²) >= 11 is 3.33. The van der Waals surface area contributed by atoms with Crippen LogP contribution in [0.3, 0.4) is 0 Å². The molecule has 0 unspecified atom stereocenters. The van der Waals surface area contributed by atoms with E-state index in [2.05, 4.69) is 21.1 Å². The molecule has 0 amide bonds. The summed E-state index contributed by atoms with van der Waals surface area (Å²) in [5.41, 5.74) is 1.33. The van der Waals surface area contributed by atoms with Gasteiger partial charge in [0.1, 0.15) is 22.8 Å². The molecule has 0 atom stereocenters. The number of nitrogens with zero attached hydrogens (tertiary/aromatic N) is 1. The van der Waals surface area contributed by atoms with Gasteiger partial charge in [-0.3, -0.25) is 0 Å². The number of hydrogen-bond acceptors (Lipinski definition) is 4. The predicted octanol–water partition coefficient (Wildman–Crippen LogP) is 4.04. The quantitative estimate of drug-likeness (QED) is 0.790. The van der Waals surface area contributed by atoms with Gasteiger partial charge >= 0.3 is 5.97 Å². The number of halogens is 2. The maximum atomic E-state index is 14.1. The number of benzene rings is 1. The Hall–Kier alpha value is -1.69. The van der Waals surface area contributed by atoms with Crippen LogP contribution in [0.4, 0.5) is 4.39 Å². The van der Waals surface area contributed by atoms with E-state index in [1.807, 2.05) is 6.92 Å². The number of rotatable bonds is 3. The maximum absolute atomic E-state index is 14.1. The molecule has 0 bridgehead atoms. The average Bonchev–Trinajstić information content (AvgIpc) is 2.77. The first-order valence-electron chi connectivity index (χ1n) is 6.05. The van der Waals surface area contributed by atoms with Gasteiger partial charge in [0.25, 0.3) is 0 Å². The summed E-state index contributed by atoms with van der Waals surface area (Å²) < 4.78 is 24.6. The molecule has 0 N–H and O–H groups in total. The molecule has 106 valence electrons. The van der Waals surface area contributed by atoms with Crippen LogP contribution in [0, 0.1) is 19.7 Å². The Morgan fingerprint density at radius 1 is 1.45 bits per heavy atom. The van der Waals surface area contributed by atoms with Gasteiger partial charge in [0.05, 0.1) is 12.2 Å². The van der Waals surface area contributed by atoms with Gasteiger partial charge in [-0.1, -0.05) is 11.2 Å². The minimum absolute atomic E-state index is 0.147. The number of hydrogen-bond donors (Lipinski definition) is 0. The first-order valence-corrected chi connectivity index (χ1v) is 6.85. The van der Waals surface area contributed by atoms with Crippen LogP contribution < -0.4 is 0 Å². The van der Waals surface area contributed by atoms with E-state index < -0.39 is 11.8 Å². The monoisotopic (exact) mass is 341 g/mol. The highest BCUT2D eigenvalue weighted by Gasteiger charge is 2.26. The molecule has 0 radical (unpaired) electrons. The molecule has 1 aromatic heterocycles. The SMILES string of the molecule is CCOC(=O)c1c(-c2c(F)ccc(C)c2Br)noc1C. The van der Waals surface area contributed by atoms with E-state index >= 15 is 0 Å². The second-order valence-electron chi connectivity index (χ2n) is 4.24. The maximum Gasteiger partial charge on any atom is 0.344 e. The van der Waals surface area contributed by atoms with Gasteiger partial charge in [0, 0.05) is 4.47 Å². The highest BCUT2D eigenvalue weighted by molar-refractivity contribution is 9.10. The van der Waals surface area contributed by atoms with E-state index in [1.54, 1.807) is 19.9 Å². The number of aryl methyl sites for hydroxylation is 2. The van der Waals surface area contributed by atoms with E-state index in [1.165, 1.54) is 6.07 Å². The molecule has 2 aromatic rings. The molecule has 0 saturated heterocycles. The van der Waals surface area contributed by atoms with E-state index in [4.69, 9.17) is 9.26 Å². The average molecular weight is 342 g/mol. The molecule has 0 fully saturated rings. The third-order valence-corrected chi connectivity index (χ3v) is 3.89. The second kappa shape index (κ2) is 5.75. The Morgan fingerprint density at radius 3 is 2.80 bits per heavy atom. The van der Waals surface area contributed by atoms with Gasteiger partial charge in [-0.2, -0.15) is 0 Å². The van der Waals surface area contributed by atoms with E-state index in [0.717, 1.165) is 5.56 Å². The highest BCUT2D eigenvalue weighted by atomic mass is 79.9. The van der Waals surface area contributed by atoms with Gasteiger partial charge in [0.2, 0.25) is 0 Å². The molecule has 0 aliphatic carbocycles. The second-order valence-corrected chi connectivity index (χ2v) is 5.03. The first-order chi connectivity index (χ1) is 9.47. The van der Waals surface area contributed by atoms with Crippen molar-refractivity contribution in [2.24, 2.45) is 0 Å². The molecule has 1 aromatic carbocycles. The van der Waals surface area contributed by atoms with E-state index in [9.17, 15) is 9.18 Å². The summed E-state index contributed by atoms with van der Waals surface area (Å²) in [5.74, 6) is -0.762. The predicted molar refractivity (Wildman–Crippen MR) is 75.0 cm³/mol. The molecule has 20 heavy (non-hydrogen) atoms. The number of ether oxygens (including phenoxy) is 1. The third kappa shape index (κ3) is 2.47. The Kier molecular flexibility index (Phi) is 4.23. The summed E-state index contributed by atoms with van der Waals surface area (Å²) in [4.78, 5) is 12.0. The third-order valence-electron chi connectivity index (χ3n) is 2.86. The van der Waals surface area contributed by atoms with E-state index in [0.29, 0.717) is 10.2 Å². The summed E-state index contributed by atoms with van der Waals surface area (Å²) in [6.45, 7) is 5.33. The lowest BCUT2D eigenvalue weighted by atomic mass is 10.0. The fourth-order valence-corrected chi connectivity index (χ4v) is 2.37. The van der Waals surface area contributed by atoms with Crippen LogP contribution in [0.1, 0.15) is 28.6 Å². The first kappa shape index (κ1) is 14.7. The van der Waals surface area contributed by atoms with Crippen LogP contribution in [0.2, 0.25) is 0 Å². The zero-order valence-electron chi connectivity index (χ0n) is 11.3. The Labute approximate surface area is 124 Å². The molecule has 0 saturated carbocycles. The van der Waals surface area contributed by atoms with Crippen molar-refractivity contribution in [3.63, 3.8) is 0 Å². The van der Waals surface area contributed by atoms with Crippen LogP contribution in [0.15, 0.2) is 21.1 Å². The standard InChI is InChI=1S/C14H13BrFNO3/c1-4-19-14(18)10-8(3)20-17-13(10)11-9(16)6-5-7(2)12(11)15/h5-6H,4H2,1-3H3. The van der Waals surface area contributed by atoms with Crippen molar-refractivity contribution in [1.29, 1.82) is 0 Å². The van der Waals surface area contributed by atoms with Crippen molar-refractivity contribution in [2.75, 3.05) is 6.61 Å². The lowest BCUT2D eigenvalue weighted by Crippen LogP contribution is -2.07. The fourth-order valence-electron chi connectivity index (χ4n) is 1.86. The van der Waals surface area contributed by atoms with Crippen LogP contribution in [0.5, 0.6) is 0 Å². The molecular formula is C14H13BrFNO3. The van der Waals surface area contributed by atoms with Crippen molar-refractivity contribution >= 4 is 21.9 Å². The van der Waals surface area contributed by atoms with Gasteiger partial charge in [-0.05, 0) is 48.3 Å². The van der Waals surface area contributed by atoms with Crippen LogP contribution >= 0.6 is 15.9 Å². The lowest BCUT2D eigenvalue weighted by molar-refractivity contribution is 0.0525. The van der Waals surface area contributed by atoms with Crippen LogP contribution in [0.25, 0.3) is 11.3 Å². The molecule has 0 spiro atoms. The number of aromatic nitrogens is 1. The number of carbonyl (C=O) groups excluding carboxylic acids is 1. The van der Waals surface area contributed by atoms with Gasteiger partial charge in [-0.15, -0.1) is 0 Å². The fraction of sp³-hybridized carbons (Fsp3) is 0.286. The van der Waals surface area contributed by atoms with Crippen molar-refractivity contribution < 1.29 is 18.4 Å². The number of esters is 1. The van der Waals surface area contributed by atoms with Crippen molar-refractivity contribution in [3.8, 4) is 11.3 Å². The summed E-state index contributed by atoms with van der Waals surface area (Å²) in [5, 5.41) is 3.81. The topological polar surface area (TPSA) is 52.3 Å². The Bertz CT molecular complexity index is 667. The summed E-state index contributed by atoms with van der Waals surface area (Å²) in [6.07, 6.45) is 0. The molecule has 1 heterocycles. The molecular weight excluding hydrogens is 329 g/mol. The van der Waals surface area contributed by atoms with Crippen LogP contribution in [-0.2, 0) is 4.74 Å². The van der Waals surface area contributed by atoms with Crippen molar-refractivity contribution in [2.45, 2.75) is 20.8 Å². The summed E-state index contributed by atoms with van der Waals surface area (Å²) in [7, 11) is 0. The smallest absolute Gasteiger partial charge is 0.344 e.